The summed E-state index contributed by atoms with van der Waals surface area (Å²) in [5, 5.41) is 5.02. The number of ether oxygens (including phenoxy) is 1. The molecule has 5 heterocycles. The first kappa shape index (κ1) is 20.1. The van der Waals surface area contributed by atoms with E-state index >= 15 is 0 Å². The Bertz CT molecular complexity index is 1520. The lowest BCUT2D eigenvalue weighted by atomic mass is 9.82. The van der Waals surface area contributed by atoms with E-state index in [1.807, 2.05) is 19.3 Å². The van der Waals surface area contributed by atoms with Gasteiger partial charge in [-0.25, -0.2) is 23.9 Å². The first-order valence-corrected chi connectivity index (χ1v) is 12.2. The molecule has 0 saturated carbocycles. The number of fused-ring (bicyclic) bond motifs is 3. The van der Waals surface area contributed by atoms with Crippen molar-refractivity contribution in [3.8, 4) is 11.1 Å². The summed E-state index contributed by atoms with van der Waals surface area (Å²) in [6.07, 6.45) is 8.47. The van der Waals surface area contributed by atoms with Gasteiger partial charge in [-0.05, 0) is 30.2 Å². The van der Waals surface area contributed by atoms with Crippen molar-refractivity contribution in [2.24, 2.45) is 7.05 Å². The van der Waals surface area contributed by atoms with Gasteiger partial charge in [0.1, 0.15) is 6.10 Å². The van der Waals surface area contributed by atoms with Crippen LogP contribution in [0.4, 0.5) is 0 Å². The maximum Gasteiger partial charge on any atom is 0.269 e. The zero-order chi connectivity index (χ0) is 22.7. The fraction of sp³-hybridized carbons (Fsp3) is 0.292. The van der Waals surface area contributed by atoms with E-state index in [4.69, 9.17) is 11.3 Å². The molecule has 8 nitrogen and oxygen atoms in total. The molecule has 4 atom stereocenters. The number of rotatable bonds is 4. The van der Waals surface area contributed by atoms with Gasteiger partial charge >= 0.3 is 0 Å². The van der Waals surface area contributed by atoms with Crippen LogP contribution < -0.4 is 0 Å². The molecule has 2 fully saturated rings. The third kappa shape index (κ3) is 3.09. The zero-order valence-corrected chi connectivity index (χ0v) is 18.7. The summed E-state index contributed by atoms with van der Waals surface area (Å²) in [7, 11) is -2.00. The topological polar surface area (TPSA) is 83.4 Å². The molecule has 9 heteroatoms. The van der Waals surface area contributed by atoms with Crippen LogP contribution in [0, 0.1) is 6.57 Å². The van der Waals surface area contributed by atoms with Gasteiger partial charge in [-0.3, -0.25) is 4.68 Å². The first-order chi connectivity index (χ1) is 16.0. The SMILES string of the molecule is [C-]#[N+]C1C[C@@H]2O[C@H]1C[C@H]2c1cnc2c(c1)c(-c1cnn(C)c1)cn2S(=O)(=O)c1ccccc1. The molecule has 0 spiro atoms. The summed E-state index contributed by atoms with van der Waals surface area (Å²) in [4.78, 5) is 8.53. The fourth-order valence-electron chi connectivity index (χ4n) is 5.10. The Labute approximate surface area is 191 Å². The molecule has 1 unspecified atom stereocenters. The van der Waals surface area contributed by atoms with Gasteiger partial charge in [-0.1, -0.05) is 18.2 Å². The second kappa shape index (κ2) is 7.27. The van der Waals surface area contributed by atoms with Gasteiger partial charge in [-0.2, -0.15) is 5.10 Å². The largest absolute Gasteiger partial charge is 0.366 e. The van der Waals surface area contributed by atoms with E-state index in [2.05, 4.69) is 14.9 Å². The highest BCUT2D eigenvalue weighted by Crippen LogP contribution is 2.46. The minimum Gasteiger partial charge on any atom is -0.366 e. The Morgan fingerprint density at radius 3 is 2.61 bits per heavy atom. The highest BCUT2D eigenvalue weighted by atomic mass is 32.2. The summed E-state index contributed by atoms with van der Waals surface area (Å²) in [6, 6.07) is 10.3. The van der Waals surface area contributed by atoms with E-state index in [-0.39, 0.29) is 29.1 Å². The van der Waals surface area contributed by atoms with Gasteiger partial charge < -0.3 is 9.58 Å². The van der Waals surface area contributed by atoms with Gasteiger partial charge in [0, 0.05) is 48.1 Å². The maximum atomic E-state index is 13.5. The van der Waals surface area contributed by atoms with Crippen molar-refractivity contribution in [1.82, 2.24) is 18.7 Å². The van der Waals surface area contributed by atoms with Gasteiger partial charge in [0.05, 0.1) is 23.6 Å². The molecule has 2 aliphatic heterocycles. The molecule has 0 N–H and O–H groups in total. The monoisotopic (exact) mass is 459 g/mol. The van der Waals surface area contributed by atoms with Crippen molar-refractivity contribution in [3.63, 3.8) is 0 Å². The highest BCUT2D eigenvalue weighted by molar-refractivity contribution is 7.90. The van der Waals surface area contributed by atoms with E-state index in [1.54, 1.807) is 53.6 Å². The number of nitrogens with zero attached hydrogens (tertiary/aromatic N) is 5. The van der Waals surface area contributed by atoms with Crippen LogP contribution in [0.25, 0.3) is 27.0 Å². The molecule has 166 valence electrons. The lowest BCUT2D eigenvalue weighted by Crippen LogP contribution is -2.23. The number of aryl methyl sites for hydroxylation is 1. The van der Waals surface area contributed by atoms with Gasteiger partial charge in [0.25, 0.3) is 16.1 Å². The molecular formula is C24H21N5O3S. The second-order valence-corrected chi connectivity index (χ2v) is 10.5. The summed E-state index contributed by atoms with van der Waals surface area (Å²) < 4.78 is 35.9. The molecule has 33 heavy (non-hydrogen) atoms. The quantitative estimate of drug-likeness (QED) is 0.436. The van der Waals surface area contributed by atoms with Crippen LogP contribution >= 0.6 is 0 Å². The Morgan fingerprint density at radius 1 is 1.12 bits per heavy atom. The maximum absolute atomic E-state index is 13.5. The van der Waals surface area contributed by atoms with Crippen molar-refractivity contribution >= 4 is 21.1 Å². The molecule has 2 aliphatic rings. The van der Waals surface area contributed by atoms with Crippen molar-refractivity contribution in [3.05, 3.63) is 78.2 Å². The number of hydrogen-bond donors (Lipinski definition) is 0. The van der Waals surface area contributed by atoms with E-state index < -0.39 is 10.0 Å². The van der Waals surface area contributed by atoms with Crippen molar-refractivity contribution in [1.29, 1.82) is 0 Å². The van der Waals surface area contributed by atoms with Crippen LogP contribution in [0.15, 0.2) is 66.1 Å². The molecule has 0 radical (unpaired) electrons. The molecule has 3 aromatic heterocycles. The molecule has 2 bridgehead atoms. The number of aromatic nitrogens is 4. The van der Waals surface area contributed by atoms with Crippen LogP contribution in [0.3, 0.4) is 0 Å². The van der Waals surface area contributed by atoms with Crippen molar-refractivity contribution < 1.29 is 13.2 Å². The van der Waals surface area contributed by atoms with Crippen LogP contribution in [0.1, 0.15) is 24.3 Å². The van der Waals surface area contributed by atoms with Gasteiger partial charge in [0.2, 0.25) is 0 Å². The standard InChI is InChI=1S/C24H21N5O3S/c1-25-21-10-22-18(9-23(21)32-22)15-8-19-20(16-12-27-28(2)13-16)14-29(24(19)26-11-15)33(30,31)17-6-4-3-5-7-17/h3-8,11-14,18,21-23H,9-10H2,2H3/t18-,21?,22-,23-/m0/s1. The van der Waals surface area contributed by atoms with Gasteiger partial charge in [0.15, 0.2) is 5.65 Å². The highest BCUT2D eigenvalue weighted by Gasteiger charge is 2.51. The molecule has 4 aromatic rings. The van der Waals surface area contributed by atoms with Crippen molar-refractivity contribution in [2.45, 2.75) is 41.9 Å². The molecule has 6 rings (SSSR count). The molecule has 0 aliphatic carbocycles. The average Bonchev–Trinajstić information content (AvgIpc) is 3.61. The number of pyridine rings is 1. The van der Waals surface area contributed by atoms with Crippen LogP contribution in [-0.2, 0) is 21.8 Å². The Kier molecular flexibility index (Phi) is 4.44. The summed E-state index contributed by atoms with van der Waals surface area (Å²) in [5.41, 5.74) is 2.97. The van der Waals surface area contributed by atoms with Crippen LogP contribution in [0.5, 0.6) is 0 Å². The Balaban J connectivity index is 1.51. The predicted molar refractivity (Wildman–Crippen MR) is 122 cm³/mol. The summed E-state index contributed by atoms with van der Waals surface area (Å²) in [6.45, 7) is 7.36. The minimum absolute atomic E-state index is 0.00493. The first-order valence-electron chi connectivity index (χ1n) is 10.8. The zero-order valence-electron chi connectivity index (χ0n) is 17.9. The average molecular weight is 460 g/mol. The molecule has 2 saturated heterocycles. The lowest BCUT2D eigenvalue weighted by molar-refractivity contribution is 0.0994. The summed E-state index contributed by atoms with van der Waals surface area (Å²) >= 11 is 0. The minimum atomic E-state index is -3.83. The molecule has 0 amide bonds. The third-order valence-corrected chi connectivity index (χ3v) is 8.39. The van der Waals surface area contributed by atoms with Crippen molar-refractivity contribution in [2.75, 3.05) is 0 Å². The van der Waals surface area contributed by atoms with E-state index in [0.717, 1.165) is 34.9 Å². The molecule has 1 aromatic carbocycles. The van der Waals surface area contributed by atoms with Gasteiger partial charge in [-0.15, -0.1) is 0 Å². The number of hydrogen-bond acceptors (Lipinski definition) is 5. The van der Waals surface area contributed by atoms with E-state index in [9.17, 15) is 8.42 Å². The lowest BCUT2D eigenvalue weighted by Gasteiger charge is -2.19. The van der Waals surface area contributed by atoms with Crippen LogP contribution in [-0.4, -0.2) is 45.4 Å². The second-order valence-electron chi connectivity index (χ2n) is 8.69. The Hall–Kier alpha value is -3.48. The van der Waals surface area contributed by atoms with E-state index in [0.29, 0.717) is 5.65 Å². The van der Waals surface area contributed by atoms with Crippen LogP contribution in [0.2, 0.25) is 0 Å². The predicted octanol–water partition coefficient (Wildman–Crippen LogP) is 3.61. The summed E-state index contributed by atoms with van der Waals surface area (Å²) in [5.74, 6) is 0.153. The van der Waals surface area contributed by atoms with E-state index in [1.165, 1.54) is 3.97 Å². The Morgan fingerprint density at radius 2 is 1.94 bits per heavy atom. The fourth-order valence-corrected chi connectivity index (χ4v) is 6.44. The normalized spacial score (nSPS) is 24.4. The third-order valence-electron chi connectivity index (χ3n) is 6.73. The smallest absolute Gasteiger partial charge is 0.269 e. The number of benzene rings is 1. The molecular weight excluding hydrogens is 438 g/mol.